The zero-order valence-corrected chi connectivity index (χ0v) is 16.5. The molecule has 3 aromatic carbocycles. The third kappa shape index (κ3) is 4.45. The quantitative estimate of drug-likeness (QED) is 0.458. The molecule has 5 nitrogen and oxygen atoms in total. The standard InChI is InChI=1S/C26H26N2O3/c1-2-3-14-24-25(29)27(21-12-8-5-9-13-21)28(26(24)30)22-15-17-23(18-16-22)31-19-20-10-6-4-7-11-20/h4-13,15-18,24H,2-3,14,19H2,1H3/i1D3,2D2,3D2,14D2. The van der Waals surface area contributed by atoms with Gasteiger partial charge >= 0.3 is 0 Å². The van der Waals surface area contributed by atoms with Crippen molar-refractivity contribution < 1.29 is 26.7 Å². The average Bonchev–Trinajstić information content (AvgIpc) is 3.18. The van der Waals surface area contributed by atoms with Gasteiger partial charge in [-0.1, -0.05) is 68.1 Å². The molecule has 0 spiro atoms. The van der Waals surface area contributed by atoms with E-state index in [2.05, 4.69) is 0 Å². The number of anilines is 2. The molecule has 1 unspecified atom stereocenters. The summed E-state index contributed by atoms with van der Waals surface area (Å²) in [5, 5.41) is 1.76. The van der Waals surface area contributed by atoms with Gasteiger partial charge in [-0.15, -0.1) is 0 Å². The Morgan fingerprint density at radius 2 is 1.42 bits per heavy atom. The van der Waals surface area contributed by atoms with E-state index in [9.17, 15) is 9.59 Å². The van der Waals surface area contributed by atoms with E-state index in [1.165, 1.54) is 24.3 Å². The van der Waals surface area contributed by atoms with E-state index in [1.807, 2.05) is 30.3 Å². The Kier molecular flexibility index (Phi) is 3.76. The molecule has 1 heterocycles. The number of hydrogen-bond acceptors (Lipinski definition) is 3. The van der Waals surface area contributed by atoms with Gasteiger partial charge in [-0.3, -0.25) is 9.59 Å². The van der Waals surface area contributed by atoms with E-state index in [-0.39, 0.29) is 18.0 Å². The molecule has 1 atom stereocenters. The first-order valence-corrected chi connectivity index (χ1v) is 9.61. The van der Waals surface area contributed by atoms with Crippen LogP contribution in [-0.2, 0) is 16.2 Å². The number of carbonyl (C=O) groups is 2. The van der Waals surface area contributed by atoms with Crippen molar-refractivity contribution in [3.8, 4) is 5.75 Å². The van der Waals surface area contributed by atoms with Gasteiger partial charge < -0.3 is 4.74 Å². The maximum absolute atomic E-state index is 13.7. The van der Waals surface area contributed by atoms with Crippen LogP contribution >= 0.6 is 0 Å². The fraction of sp³-hybridized carbons (Fsp3) is 0.231. The molecule has 0 saturated carbocycles. The van der Waals surface area contributed by atoms with Crippen LogP contribution in [0.2, 0.25) is 0 Å². The third-order valence-electron chi connectivity index (χ3n) is 4.72. The monoisotopic (exact) mass is 423 g/mol. The van der Waals surface area contributed by atoms with Gasteiger partial charge in [0.05, 0.1) is 11.4 Å². The Bertz CT molecular complexity index is 1370. The lowest BCUT2D eigenvalue weighted by molar-refractivity contribution is -0.127. The van der Waals surface area contributed by atoms with Gasteiger partial charge in [-0.25, -0.2) is 10.0 Å². The van der Waals surface area contributed by atoms with E-state index in [4.69, 9.17) is 17.1 Å². The highest BCUT2D eigenvalue weighted by molar-refractivity contribution is 6.23. The predicted octanol–water partition coefficient (Wildman–Crippen LogP) is 5.37. The number of rotatable bonds is 8. The lowest BCUT2D eigenvalue weighted by Crippen LogP contribution is -2.41. The minimum absolute atomic E-state index is 0.131. The lowest BCUT2D eigenvalue weighted by atomic mass is 10.0. The fourth-order valence-corrected chi connectivity index (χ4v) is 3.26. The maximum Gasteiger partial charge on any atom is 0.258 e. The molecule has 0 N–H and O–H groups in total. The number of ether oxygens (including phenoxy) is 1. The molecule has 0 aromatic heterocycles. The van der Waals surface area contributed by atoms with E-state index in [0.717, 1.165) is 15.6 Å². The number of carbonyl (C=O) groups excluding carboxylic acids is 2. The molecule has 2 amide bonds. The third-order valence-corrected chi connectivity index (χ3v) is 4.72. The summed E-state index contributed by atoms with van der Waals surface area (Å²) < 4.78 is 77.3. The lowest BCUT2D eigenvalue weighted by Gasteiger charge is -2.27. The van der Waals surface area contributed by atoms with Gasteiger partial charge in [0.15, 0.2) is 0 Å². The van der Waals surface area contributed by atoms with Crippen LogP contribution in [0.4, 0.5) is 11.4 Å². The Hall–Kier alpha value is -3.60. The average molecular weight is 424 g/mol. The van der Waals surface area contributed by atoms with Crippen LogP contribution in [0.5, 0.6) is 5.75 Å². The molecular formula is C26H26N2O3. The summed E-state index contributed by atoms with van der Waals surface area (Å²) >= 11 is 0. The van der Waals surface area contributed by atoms with Gasteiger partial charge in [0, 0.05) is 12.3 Å². The predicted molar refractivity (Wildman–Crippen MR) is 122 cm³/mol. The summed E-state index contributed by atoms with van der Waals surface area (Å²) in [6.45, 7) is -3.30. The van der Waals surface area contributed by atoms with Gasteiger partial charge in [-0.2, -0.15) is 0 Å². The first-order chi connectivity index (χ1) is 18.6. The molecule has 158 valence electrons. The molecule has 1 fully saturated rings. The van der Waals surface area contributed by atoms with Gasteiger partial charge in [-0.05, 0) is 48.3 Å². The number of nitrogens with zero attached hydrogens (tertiary/aromatic N) is 2. The summed E-state index contributed by atoms with van der Waals surface area (Å²) in [7, 11) is 0. The van der Waals surface area contributed by atoms with E-state index in [1.54, 1.807) is 30.3 Å². The Morgan fingerprint density at radius 1 is 0.839 bits per heavy atom. The summed E-state index contributed by atoms with van der Waals surface area (Å²) in [6.07, 6.45) is -11.1. The highest BCUT2D eigenvalue weighted by atomic mass is 16.5. The van der Waals surface area contributed by atoms with Crippen LogP contribution in [0, 0.1) is 5.92 Å². The minimum atomic E-state index is -3.77. The van der Waals surface area contributed by atoms with Crippen LogP contribution < -0.4 is 14.8 Å². The molecular weight excluding hydrogens is 388 g/mol. The number of amides is 2. The van der Waals surface area contributed by atoms with Crippen molar-refractivity contribution in [2.45, 2.75) is 32.6 Å². The largest absolute Gasteiger partial charge is 0.489 e. The van der Waals surface area contributed by atoms with Gasteiger partial charge in [0.25, 0.3) is 11.8 Å². The summed E-state index contributed by atoms with van der Waals surface area (Å²) in [4.78, 5) is 27.4. The molecule has 0 bridgehead atoms. The van der Waals surface area contributed by atoms with Gasteiger partial charge in [0.2, 0.25) is 0 Å². The van der Waals surface area contributed by atoms with Crippen LogP contribution in [0.15, 0.2) is 84.9 Å². The smallest absolute Gasteiger partial charge is 0.258 e. The van der Waals surface area contributed by atoms with Crippen molar-refractivity contribution in [1.29, 1.82) is 0 Å². The molecule has 1 saturated heterocycles. The molecule has 1 aliphatic heterocycles. The molecule has 0 aliphatic carbocycles. The van der Waals surface area contributed by atoms with Crippen molar-refractivity contribution >= 4 is 23.2 Å². The number of benzene rings is 3. The zero-order chi connectivity index (χ0) is 29.5. The van der Waals surface area contributed by atoms with Gasteiger partial charge in [0.1, 0.15) is 18.3 Å². The van der Waals surface area contributed by atoms with Crippen LogP contribution in [0.1, 0.15) is 43.9 Å². The van der Waals surface area contributed by atoms with Crippen molar-refractivity contribution in [3.05, 3.63) is 90.5 Å². The summed E-state index contributed by atoms with van der Waals surface area (Å²) in [5.41, 5.74) is 1.23. The van der Waals surface area contributed by atoms with Crippen molar-refractivity contribution in [2.75, 3.05) is 10.0 Å². The van der Waals surface area contributed by atoms with Crippen molar-refractivity contribution in [1.82, 2.24) is 0 Å². The van der Waals surface area contributed by atoms with Crippen molar-refractivity contribution in [3.63, 3.8) is 0 Å². The van der Waals surface area contributed by atoms with E-state index in [0.29, 0.717) is 5.75 Å². The second-order valence-electron chi connectivity index (χ2n) is 6.73. The minimum Gasteiger partial charge on any atom is -0.489 e. The van der Waals surface area contributed by atoms with Crippen LogP contribution in [0.25, 0.3) is 0 Å². The molecule has 3 aromatic rings. The summed E-state index contributed by atoms with van der Waals surface area (Å²) in [5.74, 6) is -4.28. The maximum atomic E-state index is 13.7. The van der Waals surface area contributed by atoms with Crippen molar-refractivity contribution in [2.24, 2.45) is 5.92 Å². The second kappa shape index (κ2) is 9.47. The zero-order valence-electron chi connectivity index (χ0n) is 25.5. The molecule has 5 heteroatoms. The molecule has 31 heavy (non-hydrogen) atoms. The molecule has 0 radical (unpaired) electrons. The highest BCUT2D eigenvalue weighted by Gasteiger charge is 2.46. The number of hydrogen-bond donors (Lipinski definition) is 0. The molecule has 4 rings (SSSR count). The van der Waals surface area contributed by atoms with E-state index < -0.39 is 43.7 Å². The first kappa shape index (κ1) is 12.3. The number of hydrazine groups is 1. The Balaban J connectivity index is 1.72. The Morgan fingerprint density at radius 3 is 2.03 bits per heavy atom. The summed E-state index contributed by atoms with van der Waals surface area (Å²) in [6, 6.07) is 23.2. The SMILES string of the molecule is [2H]C([2H])([2H])C([2H])([2H])C([2H])([2H])C([2H])([2H])C1C(=O)N(c2ccccc2)N(c2ccc(OCc3ccccc3)cc2)C1=O. The number of para-hydroxylation sites is 1. The van der Waals surface area contributed by atoms with Crippen LogP contribution in [-0.4, -0.2) is 11.8 Å². The highest BCUT2D eigenvalue weighted by Crippen LogP contribution is 2.34. The molecule has 1 aliphatic rings. The Labute approximate surface area is 195 Å². The second-order valence-corrected chi connectivity index (χ2v) is 6.73. The van der Waals surface area contributed by atoms with Crippen LogP contribution in [0.3, 0.4) is 0 Å². The topological polar surface area (TPSA) is 49.9 Å². The van der Waals surface area contributed by atoms with E-state index >= 15 is 0 Å². The normalized spacial score (nSPS) is 22.2. The first-order valence-electron chi connectivity index (χ1n) is 14.1. The fourth-order valence-electron chi connectivity index (χ4n) is 3.26.